The smallest absolute Gasteiger partial charge is 0.337 e. The molecule has 0 amide bonds. The molecule has 1 atom stereocenters. The van der Waals surface area contributed by atoms with Crippen molar-refractivity contribution in [2.75, 3.05) is 0 Å². The molecule has 0 saturated heterocycles. The molecular formula is C14H15N3O2. The third kappa shape index (κ3) is 3.35. The van der Waals surface area contributed by atoms with Crippen LogP contribution in [0.25, 0.3) is 0 Å². The van der Waals surface area contributed by atoms with E-state index in [2.05, 4.69) is 15.3 Å². The average molecular weight is 257 g/mol. The molecule has 2 heterocycles. The van der Waals surface area contributed by atoms with Crippen LogP contribution in [0.1, 0.15) is 34.6 Å². The Morgan fingerprint density at radius 3 is 2.74 bits per heavy atom. The van der Waals surface area contributed by atoms with E-state index in [0.29, 0.717) is 12.2 Å². The van der Waals surface area contributed by atoms with Crippen LogP contribution in [0, 0.1) is 0 Å². The molecule has 0 aliphatic carbocycles. The molecule has 0 bridgehead atoms. The van der Waals surface area contributed by atoms with Crippen molar-refractivity contribution in [3.63, 3.8) is 0 Å². The number of nitrogens with zero attached hydrogens (tertiary/aromatic N) is 2. The fraction of sp³-hybridized carbons (Fsp3) is 0.214. The highest BCUT2D eigenvalue weighted by Crippen LogP contribution is 2.12. The molecule has 0 fully saturated rings. The zero-order valence-corrected chi connectivity index (χ0v) is 10.6. The summed E-state index contributed by atoms with van der Waals surface area (Å²) in [6, 6.07) is 7.14. The van der Waals surface area contributed by atoms with Crippen LogP contribution in [0.5, 0.6) is 0 Å². The van der Waals surface area contributed by atoms with E-state index in [4.69, 9.17) is 5.11 Å². The Labute approximate surface area is 111 Å². The summed E-state index contributed by atoms with van der Waals surface area (Å²) < 4.78 is 0. The number of hydrogen-bond acceptors (Lipinski definition) is 4. The quantitative estimate of drug-likeness (QED) is 0.857. The van der Waals surface area contributed by atoms with Crippen LogP contribution in [0.2, 0.25) is 0 Å². The molecule has 0 aliphatic heterocycles. The van der Waals surface area contributed by atoms with Gasteiger partial charge in [0.25, 0.3) is 0 Å². The molecule has 5 heteroatoms. The molecule has 0 aromatic carbocycles. The van der Waals surface area contributed by atoms with E-state index in [-0.39, 0.29) is 11.6 Å². The number of carboxylic acid groups (broad SMARTS) is 1. The van der Waals surface area contributed by atoms with Crippen molar-refractivity contribution in [2.24, 2.45) is 0 Å². The SMILES string of the molecule is C[C@H](NCc1ncccc1C(=O)O)c1ccncc1. The summed E-state index contributed by atoms with van der Waals surface area (Å²) in [6.07, 6.45) is 5.06. The Morgan fingerprint density at radius 2 is 2.05 bits per heavy atom. The van der Waals surface area contributed by atoms with E-state index in [9.17, 15) is 4.79 Å². The van der Waals surface area contributed by atoms with Gasteiger partial charge in [0.15, 0.2) is 0 Å². The second kappa shape index (κ2) is 6.06. The Morgan fingerprint density at radius 1 is 1.32 bits per heavy atom. The monoisotopic (exact) mass is 257 g/mol. The molecule has 2 aromatic rings. The maximum atomic E-state index is 11.1. The molecule has 0 unspecified atom stereocenters. The van der Waals surface area contributed by atoms with Crippen molar-refractivity contribution < 1.29 is 9.90 Å². The maximum absolute atomic E-state index is 11.1. The van der Waals surface area contributed by atoms with E-state index in [0.717, 1.165) is 5.56 Å². The first kappa shape index (κ1) is 13.2. The van der Waals surface area contributed by atoms with E-state index in [1.165, 1.54) is 0 Å². The normalized spacial score (nSPS) is 12.1. The topological polar surface area (TPSA) is 75.1 Å². The fourth-order valence-electron chi connectivity index (χ4n) is 1.79. The largest absolute Gasteiger partial charge is 0.478 e. The maximum Gasteiger partial charge on any atom is 0.337 e. The van der Waals surface area contributed by atoms with E-state index >= 15 is 0 Å². The van der Waals surface area contributed by atoms with Crippen molar-refractivity contribution in [3.8, 4) is 0 Å². The molecule has 98 valence electrons. The van der Waals surface area contributed by atoms with Gasteiger partial charge in [-0.15, -0.1) is 0 Å². The van der Waals surface area contributed by atoms with E-state index < -0.39 is 5.97 Å². The predicted octanol–water partition coefficient (Wildman–Crippen LogP) is 2.03. The molecule has 2 rings (SSSR count). The number of pyridine rings is 2. The van der Waals surface area contributed by atoms with Crippen LogP contribution in [0.4, 0.5) is 0 Å². The van der Waals surface area contributed by atoms with E-state index in [1.54, 1.807) is 30.7 Å². The Hall–Kier alpha value is -2.27. The summed E-state index contributed by atoms with van der Waals surface area (Å²) >= 11 is 0. The standard InChI is InChI=1S/C14H15N3O2/c1-10(11-4-7-15-8-5-11)17-9-13-12(14(18)19)3-2-6-16-13/h2-8,10,17H,9H2,1H3,(H,18,19)/t10-/m0/s1. The Kier molecular flexibility index (Phi) is 4.20. The molecule has 0 saturated carbocycles. The first-order valence-corrected chi connectivity index (χ1v) is 5.99. The van der Waals surface area contributed by atoms with Crippen molar-refractivity contribution >= 4 is 5.97 Å². The Bertz CT molecular complexity index is 558. The number of hydrogen-bond donors (Lipinski definition) is 2. The highest BCUT2D eigenvalue weighted by molar-refractivity contribution is 5.88. The van der Waals surface area contributed by atoms with Gasteiger partial charge in [-0.3, -0.25) is 9.97 Å². The highest BCUT2D eigenvalue weighted by Gasteiger charge is 2.11. The number of carbonyl (C=O) groups is 1. The van der Waals surface area contributed by atoms with Gasteiger partial charge in [-0.1, -0.05) is 0 Å². The van der Waals surface area contributed by atoms with Gasteiger partial charge in [-0.2, -0.15) is 0 Å². The molecule has 19 heavy (non-hydrogen) atoms. The van der Waals surface area contributed by atoms with Gasteiger partial charge in [-0.05, 0) is 36.8 Å². The lowest BCUT2D eigenvalue weighted by molar-refractivity contribution is 0.0695. The third-order valence-electron chi connectivity index (χ3n) is 2.90. The number of aromatic nitrogens is 2. The predicted molar refractivity (Wildman–Crippen MR) is 70.7 cm³/mol. The van der Waals surface area contributed by atoms with Gasteiger partial charge >= 0.3 is 5.97 Å². The number of rotatable bonds is 5. The lowest BCUT2D eigenvalue weighted by Gasteiger charge is -2.14. The summed E-state index contributed by atoms with van der Waals surface area (Å²) in [4.78, 5) is 19.1. The number of carboxylic acids is 1. The fourth-order valence-corrected chi connectivity index (χ4v) is 1.79. The van der Waals surface area contributed by atoms with Crippen molar-refractivity contribution in [3.05, 3.63) is 59.7 Å². The molecule has 0 radical (unpaired) electrons. The lowest BCUT2D eigenvalue weighted by atomic mass is 10.1. The van der Waals surface area contributed by atoms with Crippen LogP contribution >= 0.6 is 0 Å². The lowest BCUT2D eigenvalue weighted by Crippen LogP contribution is -2.20. The summed E-state index contributed by atoms with van der Waals surface area (Å²) in [7, 11) is 0. The molecule has 0 aliphatic rings. The van der Waals surface area contributed by atoms with Crippen molar-refractivity contribution in [1.82, 2.24) is 15.3 Å². The van der Waals surface area contributed by atoms with Gasteiger partial charge < -0.3 is 10.4 Å². The first-order valence-electron chi connectivity index (χ1n) is 5.99. The second-order valence-electron chi connectivity index (χ2n) is 4.19. The third-order valence-corrected chi connectivity index (χ3v) is 2.90. The van der Waals surface area contributed by atoms with E-state index in [1.807, 2.05) is 19.1 Å². The molecular weight excluding hydrogens is 242 g/mol. The van der Waals surface area contributed by atoms with Gasteiger partial charge in [0, 0.05) is 31.2 Å². The minimum Gasteiger partial charge on any atom is -0.478 e. The number of nitrogens with one attached hydrogen (secondary N) is 1. The summed E-state index contributed by atoms with van der Waals surface area (Å²) in [5.41, 5.74) is 1.87. The van der Waals surface area contributed by atoms with Gasteiger partial charge in [0.1, 0.15) is 0 Å². The van der Waals surface area contributed by atoms with Gasteiger partial charge in [0.2, 0.25) is 0 Å². The van der Waals surface area contributed by atoms with Crippen molar-refractivity contribution in [1.29, 1.82) is 0 Å². The van der Waals surface area contributed by atoms with Crippen molar-refractivity contribution in [2.45, 2.75) is 19.5 Å². The molecule has 5 nitrogen and oxygen atoms in total. The molecule has 2 N–H and O–H groups in total. The minimum atomic E-state index is -0.957. The van der Waals surface area contributed by atoms with Crippen LogP contribution in [0.15, 0.2) is 42.9 Å². The first-order chi connectivity index (χ1) is 9.18. The highest BCUT2D eigenvalue weighted by atomic mass is 16.4. The van der Waals surface area contributed by atoms with Gasteiger partial charge in [-0.25, -0.2) is 4.79 Å². The zero-order valence-electron chi connectivity index (χ0n) is 10.6. The number of aromatic carboxylic acids is 1. The average Bonchev–Trinajstić information content (AvgIpc) is 2.46. The molecule has 0 spiro atoms. The van der Waals surface area contributed by atoms with Crippen LogP contribution < -0.4 is 5.32 Å². The summed E-state index contributed by atoms with van der Waals surface area (Å²) in [5, 5.41) is 12.3. The molecule has 2 aromatic heterocycles. The van der Waals surface area contributed by atoms with Crippen LogP contribution in [-0.4, -0.2) is 21.0 Å². The summed E-state index contributed by atoms with van der Waals surface area (Å²) in [5.74, 6) is -0.957. The van der Waals surface area contributed by atoms with Crippen LogP contribution in [-0.2, 0) is 6.54 Å². The van der Waals surface area contributed by atoms with Crippen LogP contribution in [0.3, 0.4) is 0 Å². The minimum absolute atomic E-state index is 0.103. The summed E-state index contributed by atoms with van der Waals surface area (Å²) in [6.45, 7) is 2.42. The second-order valence-corrected chi connectivity index (χ2v) is 4.19. The van der Waals surface area contributed by atoms with Gasteiger partial charge in [0.05, 0.1) is 11.3 Å². The Balaban J connectivity index is 2.05. The zero-order chi connectivity index (χ0) is 13.7.